The van der Waals surface area contributed by atoms with Crippen molar-refractivity contribution in [2.45, 2.75) is 117 Å². The standard InChI is InChI=1S/C42H58N6O11S/c1-25(2)20-32(40(53)58-23-27-14-9-8-10-15-27)44-38(51)35(26(3)4)47-37(50)34-18-13-19-48(34)39(52)33(24-60(55,56)57)45-36(49)31(46-41(54)59-42(5,6)7)21-28-22-43-30-17-12-11-16-29(28)30/h8-12,14-17,22,25-26,31-35,43H,13,18-21,23-24H2,1-7H3,(H,44,51)(H,45,49)(H,46,54)(H,47,50)(H,55,56,57)/t31-,32+,33-,34+,35-/m1/s1. The monoisotopic (exact) mass is 854 g/mol. The van der Waals surface area contributed by atoms with Gasteiger partial charge in [0.05, 0.1) is 0 Å². The highest BCUT2D eigenvalue weighted by Gasteiger charge is 2.41. The first-order chi connectivity index (χ1) is 28.1. The molecule has 1 aromatic heterocycles. The number of alkyl carbamates (subject to hydrolysis) is 1. The molecule has 4 rings (SSSR count). The molecule has 3 aromatic rings. The van der Waals surface area contributed by atoms with Crippen molar-refractivity contribution >= 4 is 56.7 Å². The number of esters is 1. The quantitative estimate of drug-likeness (QED) is 0.0801. The summed E-state index contributed by atoms with van der Waals surface area (Å²) < 4.78 is 45.3. The Kier molecular flexibility index (Phi) is 16.2. The topological polar surface area (TPSA) is 242 Å². The van der Waals surface area contributed by atoms with Crippen LogP contribution in [0.25, 0.3) is 10.9 Å². The van der Waals surface area contributed by atoms with Crippen LogP contribution >= 0.6 is 0 Å². The van der Waals surface area contributed by atoms with Crippen LogP contribution in [-0.2, 0) is 56.6 Å². The molecule has 0 aliphatic carbocycles. The average molecular weight is 855 g/mol. The van der Waals surface area contributed by atoms with Gasteiger partial charge in [0.15, 0.2) is 0 Å². The van der Waals surface area contributed by atoms with E-state index in [-0.39, 0.29) is 38.3 Å². The average Bonchev–Trinajstić information content (AvgIpc) is 3.81. The number of benzene rings is 2. The number of nitrogens with zero attached hydrogens (tertiary/aromatic N) is 1. The lowest BCUT2D eigenvalue weighted by Crippen LogP contribution is -2.60. The molecule has 1 aliphatic rings. The van der Waals surface area contributed by atoms with Crippen molar-refractivity contribution in [3.63, 3.8) is 0 Å². The summed E-state index contributed by atoms with van der Waals surface area (Å²) in [6.07, 6.45) is 1.34. The molecule has 5 atom stereocenters. The number of hydrogen-bond donors (Lipinski definition) is 6. The van der Waals surface area contributed by atoms with E-state index in [0.717, 1.165) is 21.4 Å². The van der Waals surface area contributed by atoms with Crippen LogP contribution in [-0.4, -0.2) is 107 Å². The van der Waals surface area contributed by atoms with E-state index >= 15 is 0 Å². The Bertz CT molecular complexity index is 2100. The molecule has 0 bridgehead atoms. The van der Waals surface area contributed by atoms with E-state index in [1.807, 2.05) is 50.2 Å². The predicted octanol–water partition coefficient (Wildman–Crippen LogP) is 3.38. The molecule has 1 aliphatic heterocycles. The number of likely N-dealkylation sites (tertiary alicyclic amines) is 1. The Morgan fingerprint density at radius 2 is 1.52 bits per heavy atom. The Morgan fingerprint density at radius 3 is 2.15 bits per heavy atom. The molecule has 2 aromatic carbocycles. The fourth-order valence-corrected chi connectivity index (χ4v) is 7.55. The van der Waals surface area contributed by atoms with E-state index in [0.29, 0.717) is 12.0 Å². The second kappa shape index (κ2) is 20.7. The Hall–Kier alpha value is -5.49. The van der Waals surface area contributed by atoms with Gasteiger partial charge in [-0.25, -0.2) is 9.59 Å². The molecule has 2 heterocycles. The molecule has 18 heteroatoms. The summed E-state index contributed by atoms with van der Waals surface area (Å²) >= 11 is 0. The summed E-state index contributed by atoms with van der Waals surface area (Å²) in [7, 11) is -4.89. The highest BCUT2D eigenvalue weighted by atomic mass is 32.2. The molecule has 1 fully saturated rings. The molecule has 1 saturated heterocycles. The van der Waals surface area contributed by atoms with Crippen LogP contribution in [0.15, 0.2) is 60.8 Å². The molecule has 17 nitrogen and oxygen atoms in total. The number of aromatic nitrogens is 1. The summed E-state index contributed by atoms with van der Waals surface area (Å²) in [5, 5.41) is 11.1. The SMILES string of the molecule is CC(C)C[C@H](NC(=O)[C@H](NC(=O)[C@@H]1CCCN1C(=O)[C@@H](CS(=O)(=O)O)NC(=O)[C@@H](Cc1c[nH]c2ccccc12)NC(=O)OC(C)(C)C)C(C)C)C(=O)OCc1ccccc1. The normalized spacial score (nSPS) is 16.4. The summed E-state index contributed by atoms with van der Waals surface area (Å²) in [5.41, 5.74) is 1.22. The van der Waals surface area contributed by atoms with Gasteiger partial charge in [0.25, 0.3) is 10.1 Å². The number of fused-ring (bicyclic) bond motifs is 1. The number of ether oxygens (including phenoxy) is 2. The van der Waals surface area contributed by atoms with E-state index in [9.17, 15) is 41.7 Å². The van der Waals surface area contributed by atoms with Gasteiger partial charge < -0.3 is 40.6 Å². The maximum atomic E-state index is 14.1. The van der Waals surface area contributed by atoms with Crippen molar-refractivity contribution in [2.24, 2.45) is 11.8 Å². The first kappa shape index (κ1) is 47.2. The predicted molar refractivity (Wildman–Crippen MR) is 223 cm³/mol. The second-order valence-electron chi connectivity index (χ2n) is 16.8. The number of aromatic amines is 1. The van der Waals surface area contributed by atoms with Gasteiger partial charge in [0, 0.05) is 30.1 Å². The number of hydrogen-bond acceptors (Lipinski definition) is 10. The maximum absolute atomic E-state index is 14.1. The minimum atomic E-state index is -4.89. The Balaban J connectivity index is 1.51. The first-order valence-electron chi connectivity index (χ1n) is 20.0. The van der Waals surface area contributed by atoms with Gasteiger partial charge in [0.2, 0.25) is 23.6 Å². The summed E-state index contributed by atoms with van der Waals surface area (Å²) in [4.78, 5) is 86.0. The smallest absolute Gasteiger partial charge is 0.408 e. The van der Waals surface area contributed by atoms with Crippen LogP contribution in [0.5, 0.6) is 0 Å². The number of amides is 5. The first-order valence-corrected chi connectivity index (χ1v) is 21.6. The molecule has 5 amide bonds. The van der Waals surface area contributed by atoms with Crippen molar-refractivity contribution < 1.29 is 51.2 Å². The van der Waals surface area contributed by atoms with E-state index in [2.05, 4.69) is 26.3 Å². The van der Waals surface area contributed by atoms with Crippen molar-refractivity contribution in [3.8, 4) is 0 Å². The lowest BCUT2D eigenvalue weighted by Gasteiger charge is -2.31. The number of carbonyl (C=O) groups is 6. The van der Waals surface area contributed by atoms with Gasteiger partial charge in [0.1, 0.15) is 48.2 Å². The molecule has 328 valence electrons. The highest BCUT2D eigenvalue weighted by Crippen LogP contribution is 2.22. The van der Waals surface area contributed by atoms with Crippen LogP contribution in [0.3, 0.4) is 0 Å². The molecule has 6 N–H and O–H groups in total. The van der Waals surface area contributed by atoms with E-state index in [4.69, 9.17) is 9.47 Å². The van der Waals surface area contributed by atoms with E-state index < -0.39 is 93.3 Å². The van der Waals surface area contributed by atoms with E-state index in [1.54, 1.807) is 59.0 Å². The zero-order valence-corrected chi connectivity index (χ0v) is 36.0. The molecule has 0 saturated carbocycles. The molecule has 60 heavy (non-hydrogen) atoms. The lowest BCUT2D eigenvalue weighted by atomic mass is 10.00. The zero-order chi connectivity index (χ0) is 44.4. The van der Waals surface area contributed by atoms with Gasteiger partial charge in [-0.3, -0.25) is 23.7 Å². The minimum absolute atomic E-state index is 0.00204. The maximum Gasteiger partial charge on any atom is 0.408 e. The van der Waals surface area contributed by atoms with Crippen molar-refractivity contribution in [1.29, 1.82) is 0 Å². The van der Waals surface area contributed by atoms with Gasteiger partial charge in [-0.1, -0.05) is 76.2 Å². The van der Waals surface area contributed by atoms with Gasteiger partial charge >= 0.3 is 12.1 Å². The van der Waals surface area contributed by atoms with Crippen molar-refractivity contribution in [1.82, 2.24) is 31.2 Å². The Labute approximate surface area is 350 Å². The third-order valence-electron chi connectivity index (χ3n) is 9.72. The number of rotatable bonds is 18. The van der Waals surface area contributed by atoms with Gasteiger partial charge in [-0.2, -0.15) is 8.42 Å². The summed E-state index contributed by atoms with van der Waals surface area (Å²) in [6.45, 7) is 12.1. The highest BCUT2D eigenvalue weighted by molar-refractivity contribution is 7.85. The fourth-order valence-electron chi connectivity index (χ4n) is 6.90. The molecule has 0 radical (unpaired) electrons. The molecular formula is C42H58N6O11S. The van der Waals surface area contributed by atoms with Crippen LogP contribution in [0.4, 0.5) is 4.79 Å². The number of H-pyrrole nitrogens is 1. The number of para-hydroxylation sites is 1. The van der Waals surface area contributed by atoms with Crippen LogP contribution in [0.1, 0.15) is 78.9 Å². The van der Waals surface area contributed by atoms with Crippen LogP contribution < -0.4 is 21.3 Å². The summed E-state index contributed by atoms with van der Waals surface area (Å²) in [6, 6.07) is 9.70. The third-order valence-corrected chi connectivity index (χ3v) is 10.5. The minimum Gasteiger partial charge on any atom is -0.459 e. The lowest BCUT2D eigenvalue weighted by molar-refractivity contribution is -0.150. The van der Waals surface area contributed by atoms with Gasteiger partial charge in [-0.15, -0.1) is 0 Å². The van der Waals surface area contributed by atoms with Crippen LogP contribution in [0, 0.1) is 11.8 Å². The summed E-state index contributed by atoms with van der Waals surface area (Å²) in [5.74, 6) is -5.65. The second-order valence-corrected chi connectivity index (χ2v) is 18.3. The van der Waals surface area contributed by atoms with Gasteiger partial charge in [-0.05, 0) is 69.1 Å². The van der Waals surface area contributed by atoms with Crippen LogP contribution in [0.2, 0.25) is 0 Å². The number of nitrogens with one attached hydrogen (secondary N) is 5. The number of carbonyl (C=O) groups excluding carboxylic acids is 6. The molecule has 0 spiro atoms. The van der Waals surface area contributed by atoms with Crippen molar-refractivity contribution in [2.75, 3.05) is 12.3 Å². The zero-order valence-electron chi connectivity index (χ0n) is 35.1. The largest absolute Gasteiger partial charge is 0.459 e. The molecular weight excluding hydrogens is 797 g/mol. The Morgan fingerprint density at radius 1 is 0.867 bits per heavy atom. The molecule has 0 unspecified atom stereocenters. The van der Waals surface area contributed by atoms with Crippen molar-refractivity contribution in [3.05, 3.63) is 71.9 Å². The fraction of sp³-hybridized carbons (Fsp3) is 0.524. The van der Waals surface area contributed by atoms with E-state index in [1.165, 1.54) is 0 Å². The third kappa shape index (κ3) is 14.1.